The van der Waals surface area contributed by atoms with Crippen molar-refractivity contribution >= 4 is 15.7 Å². The first-order chi connectivity index (χ1) is 11.0. The zero-order valence-corrected chi connectivity index (χ0v) is 13.1. The average molecular weight is 331 g/mol. The van der Waals surface area contributed by atoms with Gasteiger partial charge in [-0.15, -0.1) is 0 Å². The Labute approximate surface area is 133 Å². The van der Waals surface area contributed by atoms with Gasteiger partial charge in [0.05, 0.1) is 10.6 Å². The highest BCUT2D eigenvalue weighted by atomic mass is 32.2. The maximum absolute atomic E-state index is 13.1. The van der Waals surface area contributed by atoms with Crippen LogP contribution in [0.5, 0.6) is 0 Å². The molecule has 3 aromatic rings. The first-order valence-electron chi connectivity index (χ1n) is 6.85. The van der Waals surface area contributed by atoms with Crippen LogP contribution in [-0.2, 0) is 10.0 Å². The molecule has 0 aliphatic rings. The van der Waals surface area contributed by atoms with Gasteiger partial charge in [0.15, 0.2) is 0 Å². The van der Waals surface area contributed by atoms with Gasteiger partial charge in [-0.3, -0.25) is 4.72 Å². The lowest BCUT2D eigenvalue weighted by Gasteiger charge is -2.11. The number of sulfonamides is 1. The Bertz CT molecular complexity index is 920. The minimum atomic E-state index is -3.77. The van der Waals surface area contributed by atoms with Crippen molar-refractivity contribution in [2.75, 3.05) is 4.72 Å². The summed E-state index contributed by atoms with van der Waals surface area (Å²) < 4.78 is 42.1. The number of hydrogen-bond donors (Lipinski definition) is 1. The Balaban J connectivity index is 1.86. The number of nitrogens with zero attached hydrogens (tertiary/aromatic N) is 2. The van der Waals surface area contributed by atoms with Crippen molar-refractivity contribution in [3.05, 3.63) is 72.3 Å². The summed E-state index contributed by atoms with van der Waals surface area (Å²) in [6, 6.07) is 12.2. The van der Waals surface area contributed by atoms with Crippen LogP contribution in [0.2, 0.25) is 0 Å². The van der Waals surface area contributed by atoms with Gasteiger partial charge in [-0.05, 0) is 61.0 Å². The van der Waals surface area contributed by atoms with Gasteiger partial charge in [-0.2, -0.15) is 5.10 Å². The Morgan fingerprint density at radius 1 is 1.13 bits per heavy atom. The van der Waals surface area contributed by atoms with Gasteiger partial charge in [0.25, 0.3) is 10.0 Å². The summed E-state index contributed by atoms with van der Waals surface area (Å²) in [6.07, 6.45) is 3.45. The molecule has 2 aromatic carbocycles. The molecule has 0 aliphatic heterocycles. The monoisotopic (exact) mass is 331 g/mol. The number of rotatable bonds is 4. The lowest BCUT2D eigenvalue weighted by atomic mass is 10.2. The predicted octanol–water partition coefficient (Wildman–Crippen LogP) is 3.12. The van der Waals surface area contributed by atoms with E-state index in [-0.39, 0.29) is 4.90 Å². The Morgan fingerprint density at radius 2 is 1.87 bits per heavy atom. The van der Waals surface area contributed by atoms with Gasteiger partial charge < -0.3 is 0 Å². The molecule has 0 bridgehead atoms. The minimum absolute atomic E-state index is 0.0510. The molecule has 5 nitrogen and oxygen atoms in total. The van der Waals surface area contributed by atoms with Crippen molar-refractivity contribution in [3.63, 3.8) is 0 Å². The van der Waals surface area contributed by atoms with Crippen molar-refractivity contribution in [2.24, 2.45) is 0 Å². The van der Waals surface area contributed by atoms with E-state index in [9.17, 15) is 12.8 Å². The standard InChI is InChI=1S/C16H14FN3O2S/c1-12-11-13(17)3-8-16(12)23(21,22)19-14-4-6-15(7-5-14)20-10-2-9-18-20/h2-11,19H,1H3. The van der Waals surface area contributed by atoms with Crippen LogP contribution in [0.1, 0.15) is 5.56 Å². The maximum atomic E-state index is 13.1. The average Bonchev–Trinajstić information content (AvgIpc) is 3.01. The second-order valence-electron chi connectivity index (χ2n) is 5.01. The molecule has 0 fully saturated rings. The number of hydrogen-bond acceptors (Lipinski definition) is 3. The van der Waals surface area contributed by atoms with Gasteiger partial charge >= 0.3 is 0 Å². The summed E-state index contributed by atoms with van der Waals surface area (Å²) in [7, 11) is -3.77. The van der Waals surface area contributed by atoms with Gasteiger partial charge in [0, 0.05) is 18.1 Å². The van der Waals surface area contributed by atoms with E-state index in [1.807, 2.05) is 0 Å². The number of benzene rings is 2. The van der Waals surface area contributed by atoms with Crippen LogP contribution < -0.4 is 4.72 Å². The van der Waals surface area contributed by atoms with Gasteiger partial charge in [-0.1, -0.05) is 0 Å². The van der Waals surface area contributed by atoms with Gasteiger partial charge in [0.2, 0.25) is 0 Å². The molecule has 0 atom stereocenters. The van der Waals surface area contributed by atoms with Crippen LogP contribution >= 0.6 is 0 Å². The number of nitrogens with one attached hydrogen (secondary N) is 1. The summed E-state index contributed by atoms with van der Waals surface area (Å²) in [6.45, 7) is 1.55. The third kappa shape index (κ3) is 3.24. The summed E-state index contributed by atoms with van der Waals surface area (Å²) in [5.74, 6) is -0.468. The quantitative estimate of drug-likeness (QED) is 0.799. The van der Waals surface area contributed by atoms with Crippen molar-refractivity contribution in [2.45, 2.75) is 11.8 Å². The second-order valence-corrected chi connectivity index (χ2v) is 6.66. The number of halogens is 1. The van der Waals surface area contributed by atoms with E-state index >= 15 is 0 Å². The van der Waals surface area contributed by atoms with E-state index in [1.54, 1.807) is 54.3 Å². The van der Waals surface area contributed by atoms with E-state index in [4.69, 9.17) is 0 Å². The fraction of sp³-hybridized carbons (Fsp3) is 0.0625. The van der Waals surface area contributed by atoms with E-state index in [1.165, 1.54) is 12.1 Å². The topological polar surface area (TPSA) is 64.0 Å². The van der Waals surface area contributed by atoms with Crippen LogP contribution in [0.4, 0.5) is 10.1 Å². The van der Waals surface area contributed by atoms with Crippen molar-refractivity contribution in [3.8, 4) is 5.69 Å². The van der Waals surface area contributed by atoms with Crippen molar-refractivity contribution in [1.82, 2.24) is 9.78 Å². The Kier molecular flexibility index (Phi) is 3.87. The zero-order valence-electron chi connectivity index (χ0n) is 12.3. The molecule has 1 heterocycles. The molecule has 0 amide bonds. The van der Waals surface area contributed by atoms with Crippen LogP contribution in [0.3, 0.4) is 0 Å². The Morgan fingerprint density at radius 3 is 2.48 bits per heavy atom. The number of anilines is 1. The third-order valence-corrected chi connectivity index (χ3v) is 4.86. The van der Waals surface area contributed by atoms with Gasteiger partial charge in [0.1, 0.15) is 5.82 Å². The molecule has 3 rings (SSSR count). The third-order valence-electron chi connectivity index (χ3n) is 3.31. The van der Waals surface area contributed by atoms with Crippen LogP contribution in [0.15, 0.2) is 65.8 Å². The van der Waals surface area contributed by atoms with Crippen LogP contribution in [0, 0.1) is 12.7 Å². The molecule has 0 saturated heterocycles. The Hall–Kier alpha value is -2.67. The van der Waals surface area contributed by atoms with Crippen molar-refractivity contribution < 1.29 is 12.8 Å². The zero-order chi connectivity index (χ0) is 16.4. The largest absolute Gasteiger partial charge is 0.280 e. The molecule has 7 heteroatoms. The summed E-state index contributed by atoms with van der Waals surface area (Å²) in [5, 5.41) is 4.10. The number of aromatic nitrogens is 2. The first-order valence-corrected chi connectivity index (χ1v) is 8.33. The fourth-order valence-electron chi connectivity index (χ4n) is 2.23. The summed E-state index contributed by atoms with van der Waals surface area (Å²) in [5.41, 5.74) is 1.59. The highest BCUT2D eigenvalue weighted by Gasteiger charge is 2.17. The molecule has 1 aromatic heterocycles. The lowest BCUT2D eigenvalue weighted by molar-refractivity contribution is 0.598. The van der Waals surface area contributed by atoms with Gasteiger partial charge in [-0.25, -0.2) is 17.5 Å². The summed E-state index contributed by atoms with van der Waals surface area (Å²) in [4.78, 5) is 0.0510. The van der Waals surface area contributed by atoms with E-state index < -0.39 is 15.8 Å². The minimum Gasteiger partial charge on any atom is -0.280 e. The van der Waals surface area contributed by atoms with E-state index in [0.29, 0.717) is 11.3 Å². The van der Waals surface area contributed by atoms with E-state index in [0.717, 1.165) is 11.8 Å². The molecule has 0 unspecified atom stereocenters. The summed E-state index contributed by atoms with van der Waals surface area (Å²) >= 11 is 0. The molecule has 0 spiro atoms. The van der Waals surface area contributed by atoms with Crippen LogP contribution in [0.25, 0.3) is 5.69 Å². The van der Waals surface area contributed by atoms with Crippen LogP contribution in [-0.4, -0.2) is 18.2 Å². The molecular weight excluding hydrogens is 317 g/mol. The highest BCUT2D eigenvalue weighted by Crippen LogP contribution is 2.21. The molecule has 0 radical (unpaired) electrons. The molecule has 1 N–H and O–H groups in total. The molecular formula is C16H14FN3O2S. The maximum Gasteiger partial charge on any atom is 0.262 e. The lowest BCUT2D eigenvalue weighted by Crippen LogP contribution is -2.14. The number of aryl methyl sites for hydroxylation is 1. The highest BCUT2D eigenvalue weighted by molar-refractivity contribution is 7.92. The SMILES string of the molecule is Cc1cc(F)ccc1S(=O)(=O)Nc1ccc(-n2cccn2)cc1. The molecule has 118 valence electrons. The fourth-order valence-corrected chi connectivity index (χ4v) is 3.51. The smallest absolute Gasteiger partial charge is 0.262 e. The normalized spacial score (nSPS) is 11.4. The molecule has 0 saturated carbocycles. The van der Waals surface area contributed by atoms with Crippen molar-refractivity contribution in [1.29, 1.82) is 0 Å². The first kappa shape index (κ1) is 15.2. The molecule has 23 heavy (non-hydrogen) atoms. The second kappa shape index (κ2) is 5.85. The molecule has 0 aliphatic carbocycles. The van der Waals surface area contributed by atoms with E-state index in [2.05, 4.69) is 9.82 Å². The predicted molar refractivity (Wildman–Crippen MR) is 85.5 cm³/mol.